The van der Waals surface area contributed by atoms with Crippen molar-refractivity contribution in [1.82, 2.24) is 34.7 Å². The van der Waals surface area contributed by atoms with Gasteiger partial charge in [0.15, 0.2) is 0 Å². The molecule has 0 bridgehead atoms. The van der Waals surface area contributed by atoms with E-state index < -0.39 is 0 Å². The lowest BCUT2D eigenvalue weighted by Crippen LogP contribution is -2.14. The number of anilines is 2. The summed E-state index contributed by atoms with van der Waals surface area (Å²) in [5.74, 6) is 0.757. The number of rotatable bonds is 4. The molecular weight excluding hydrogens is 270 g/mol. The summed E-state index contributed by atoms with van der Waals surface area (Å²) in [6.45, 7) is 1.96. The zero-order chi connectivity index (χ0) is 14.7. The van der Waals surface area contributed by atoms with Crippen LogP contribution in [0.1, 0.15) is 18.7 Å². The Balaban J connectivity index is 1.86. The summed E-state index contributed by atoms with van der Waals surface area (Å²) in [4.78, 5) is 20.5. The average Bonchev–Trinajstić information content (AvgIpc) is 3.02. The van der Waals surface area contributed by atoms with Crippen molar-refractivity contribution in [2.24, 2.45) is 0 Å². The van der Waals surface area contributed by atoms with Gasteiger partial charge in [0.1, 0.15) is 12.7 Å². The van der Waals surface area contributed by atoms with E-state index in [1.807, 2.05) is 25.1 Å². The predicted octanol–water partition coefficient (Wildman–Crippen LogP) is 0.603. The van der Waals surface area contributed by atoms with Gasteiger partial charge in [-0.05, 0) is 19.1 Å². The Morgan fingerprint density at radius 2 is 2.14 bits per heavy atom. The number of nitrogens with one attached hydrogen (secondary N) is 1. The molecule has 1 atom stereocenters. The van der Waals surface area contributed by atoms with E-state index in [1.165, 1.54) is 17.3 Å². The lowest BCUT2D eigenvalue weighted by molar-refractivity contribution is 0.778. The van der Waals surface area contributed by atoms with Gasteiger partial charge in [-0.15, -0.1) is 0 Å². The predicted molar refractivity (Wildman–Crippen MR) is 75.4 cm³/mol. The van der Waals surface area contributed by atoms with Gasteiger partial charge >= 0.3 is 0 Å². The molecular formula is C12H13N9. The molecule has 3 aromatic rings. The molecule has 0 aliphatic heterocycles. The number of pyridine rings is 1. The summed E-state index contributed by atoms with van der Waals surface area (Å²) in [6, 6.07) is 5.63. The molecule has 0 fully saturated rings. The monoisotopic (exact) mass is 283 g/mol. The third-order valence-corrected chi connectivity index (χ3v) is 2.74. The Bertz CT molecular complexity index is 711. The van der Waals surface area contributed by atoms with Crippen molar-refractivity contribution in [3.63, 3.8) is 0 Å². The Morgan fingerprint density at radius 1 is 1.24 bits per heavy atom. The first kappa shape index (κ1) is 12.9. The van der Waals surface area contributed by atoms with E-state index in [-0.39, 0.29) is 12.0 Å². The van der Waals surface area contributed by atoms with E-state index >= 15 is 0 Å². The first-order chi connectivity index (χ1) is 10.2. The molecule has 3 aromatic heterocycles. The molecule has 0 aliphatic rings. The third kappa shape index (κ3) is 2.91. The summed E-state index contributed by atoms with van der Waals surface area (Å²) in [7, 11) is 0. The van der Waals surface area contributed by atoms with E-state index in [4.69, 9.17) is 5.73 Å². The fourth-order valence-electron chi connectivity index (χ4n) is 1.76. The molecule has 1 unspecified atom stereocenters. The highest BCUT2D eigenvalue weighted by Gasteiger charge is 2.11. The van der Waals surface area contributed by atoms with Crippen LogP contribution in [0.25, 0.3) is 5.95 Å². The summed E-state index contributed by atoms with van der Waals surface area (Å²) in [5.41, 5.74) is 6.57. The Labute approximate surface area is 120 Å². The fraction of sp³-hybridized carbons (Fsp3) is 0.167. The van der Waals surface area contributed by atoms with Crippen LogP contribution < -0.4 is 11.1 Å². The lowest BCUT2D eigenvalue weighted by atomic mass is 10.2. The molecule has 0 radical (unpaired) electrons. The van der Waals surface area contributed by atoms with Gasteiger partial charge in [-0.25, -0.2) is 4.98 Å². The molecule has 3 heterocycles. The summed E-state index contributed by atoms with van der Waals surface area (Å²) >= 11 is 0. The molecule has 3 N–H and O–H groups in total. The normalized spacial score (nSPS) is 12.0. The topological polar surface area (TPSA) is 120 Å². The van der Waals surface area contributed by atoms with Crippen molar-refractivity contribution in [3.8, 4) is 5.95 Å². The van der Waals surface area contributed by atoms with Crippen LogP contribution in [-0.4, -0.2) is 34.7 Å². The van der Waals surface area contributed by atoms with Gasteiger partial charge in [0.05, 0.1) is 11.7 Å². The molecule has 9 nitrogen and oxygen atoms in total. The largest absolute Gasteiger partial charge is 0.368 e. The van der Waals surface area contributed by atoms with Gasteiger partial charge in [-0.3, -0.25) is 4.98 Å². The van der Waals surface area contributed by atoms with Crippen molar-refractivity contribution < 1.29 is 0 Å². The fourth-order valence-corrected chi connectivity index (χ4v) is 1.76. The van der Waals surface area contributed by atoms with Crippen molar-refractivity contribution in [3.05, 3.63) is 42.7 Å². The molecule has 0 saturated heterocycles. The van der Waals surface area contributed by atoms with E-state index in [0.717, 1.165) is 5.69 Å². The number of nitrogens with zero attached hydrogens (tertiary/aromatic N) is 7. The van der Waals surface area contributed by atoms with Gasteiger partial charge in [0, 0.05) is 6.20 Å². The highest BCUT2D eigenvalue weighted by Crippen LogP contribution is 2.15. The van der Waals surface area contributed by atoms with Crippen molar-refractivity contribution >= 4 is 11.9 Å². The SMILES string of the molecule is CC(Nc1nc(N)nc(-n2cncn2)n1)c1ccccn1. The smallest absolute Gasteiger partial charge is 0.258 e. The number of hydrogen-bond acceptors (Lipinski definition) is 8. The quantitative estimate of drug-likeness (QED) is 0.714. The Hall–Kier alpha value is -3.10. The molecule has 0 spiro atoms. The first-order valence-electron chi connectivity index (χ1n) is 6.26. The molecule has 21 heavy (non-hydrogen) atoms. The zero-order valence-electron chi connectivity index (χ0n) is 11.2. The van der Waals surface area contributed by atoms with Crippen LogP contribution in [0.3, 0.4) is 0 Å². The van der Waals surface area contributed by atoms with Crippen molar-refractivity contribution in [2.75, 3.05) is 11.1 Å². The minimum Gasteiger partial charge on any atom is -0.368 e. The van der Waals surface area contributed by atoms with Crippen LogP contribution >= 0.6 is 0 Å². The van der Waals surface area contributed by atoms with Crippen LogP contribution in [-0.2, 0) is 0 Å². The first-order valence-corrected chi connectivity index (χ1v) is 6.26. The minimum atomic E-state index is -0.0726. The zero-order valence-corrected chi connectivity index (χ0v) is 11.2. The summed E-state index contributed by atoms with van der Waals surface area (Å²) in [6.07, 6.45) is 4.61. The van der Waals surface area contributed by atoms with Crippen LogP contribution in [0.5, 0.6) is 0 Å². The highest BCUT2D eigenvalue weighted by molar-refractivity contribution is 5.36. The van der Waals surface area contributed by atoms with E-state index in [0.29, 0.717) is 11.9 Å². The second-order valence-corrected chi connectivity index (χ2v) is 4.28. The maximum Gasteiger partial charge on any atom is 0.258 e. The number of hydrogen-bond donors (Lipinski definition) is 2. The van der Waals surface area contributed by atoms with E-state index in [2.05, 4.69) is 35.3 Å². The standard InChI is InChI=1S/C12H13N9/c1-8(9-4-2-3-5-15-9)17-11-18-10(13)19-12(20-11)21-7-14-6-16-21/h2-8H,1H3,(H3,13,17,18,19,20). The van der Waals surface area contributed by atoms with Gasteiger partial charge < -0.3 is 11.1 Å². The number of nitrogen functional groups attached to an aromatic ring is 1. The average molecular weight is 283 g/mol. The Morgan fingerprint density at radius 3 is 2.86 bits per heavy atom. The van der Waals surface area contributed by atoms with E-state index in [1.54, 1.807) is 6.20 Å². The van der Waals surface area contributed by atoms with Crippen LogP contribution in [0, 0.1) is 0 Å². The molecule has 0 aliphatic carbocycles. The van der Waals surface area contributed by atoms with Crippen molar-refractivity contribution in [1.29, 1.82) is 0 Å². The van der Waals surface area contributed by atoms with Crippen LogP contribution in [0.15, 0.2) is 37.1 Å². The second kappa shape index (κ2) is 5.49. The molecule has 106 valence electrons. The second-order valence-electron chi connectivity index (χ2n) is 4.28. The van der Waals surface area contributed by atoms with Gasteiger partial charge in [0.2, 0.25) is 11.9 Å². The third-order valence-electron chi connectivity index (χ3n) is 2.74. The highest BCUT2D eigenvalue weighted by atomic mass is 15.4. The molecule has 0 amide bonds. The lowest BCUT2D eigenvalue weighted by Gasteiger charge is -2.13. The molecule has 0 aromatic carbocycles. The maximum absolute atomic E-state index is 5.70. The molecule has 9 heteroatoms. The van der Waals surface area contributed by atoms with Crippen LogP contribution in [0.2, 0.25) is 0 Å². The van der Waals surface area contributed by atoms with Crippen LogP contribution in [0.4, 0.5) is 11.9 Å². The molecule has 3 rings (SSSR count). The number of aromatic nitrogens is 7. The van der Waals surface area contributed by atoms with Gasteiger partial charge in [-0.2, -0.15) is 24.7 Å². The van der Waals surface area contributed by atoms with E-state index in [9.17, 15) is 0 Å². The summed E-state index contributed by atoms with van der Waals surface area (Å²) in [5, 5.41) is 7.10. The summed E-state index contributed by atoms with van der Waals surface area (Å²) < 4.78 is 1.41. The Kier molecular flexibility index (Phi) is 3.37. The maximum atomic E-state index is 5.70. The van der Waals surface area contributed by atoms with Crippen molar-refractivity contribution in [2.45, 2.75) is 13.0 Å². The van der Waals surface area contributed by atoms with Gasteiger partial charge in [-0.1, -0.05) is 6.07 Å². The van der Waals surface area contributed by atoms with Gasteiger partial charge in [0.25, 0.3) is 5.95 Å². The molecule has 0 saturated carbocycles. The number of nitrogens with two attached hydrogens (primary N) is 1. The minimum absolute atomic E-state index is 0.0726.